The van der Waals surface area contributed by atoms with Gasteiger partial charge in [-0.1, -0.05) is 13.8 Å². The summed E-state index contributed by atoms with van der Waals surface area (Å²) in [6.07, 6.45) is -2.61. The van der Waals surface area contributed by atoms with Gasteiger partial charge in [-0.2, -0.15) is 0 Å². The third-order valence-corrected chi connectivity index (χ3v) is 5.15. The standard InChI is InChI=1S/C17H23F2N5O6/c1-7(2)10(20)15(28)29-5-16(19)11(26)12(27)17(4-25,30-16)24-3-8(18)9-13(21)22-6-23-14(9)24/h3,6-7,10-12,25-27H,4-5,20H2,1-2H3,(H2,21,22,23)/t10-,11-,12+,16+,17+/m0/s1. The second-order valence-corrected chi connectivity index (χ2v) is 7.46. The zero-order valence-corrected chi connectivity index (χ0v) is 16.2. The number of hydrogen-bond donors (Lipinski definition) is 5. The molecule has 5 atom stereocenters. The van der Waals surface area contributed by atoms with Crippen molar-refractivity contribution in [3.05, 3.63) is 18.3 Å². The van der Waals surface area contributed by atoms with E-state index < -0.39 is 54.8 Å². The van der Waals surface area contributed by atoms with Crippen LogP contribution in [0.1, 0.15) is 13.8 Å². The summed E-state index contributed by atoms with van der Waals surface area (Å²) < 4.78 is 40.7. The number of ether oxygens (including phenoxy) is 2. The Morgan fingerprint density at radius 3 is 2.67 bits per heavy atom. The summed E-state index contributed by atoms with van der Waals surface area (Å²) in [5.41, 5.74) is 8.66. The molecule has 7 N–H and O–H groups in total. The van der Waals surface area contributed by atoms with Crippen LogP contribution in [0, 0.1) is 11.7 Å². The van der Waals surface area contributed by atoms with Crippen molar-refractivity contribution in [2.45, 2.75) is 43.7 Å². The Hall–Kier alpha value is -2.45. The Balaban J connectivity index is 1.98. The topological polar surface area (TPSA) is 179 Å². The van der Waals surface area contributed by atoms with E-state index in [-0.39, 0.29) is 22.8 Å². The molecule has 166 valence electrons. The maximum Gasteiger partial charge on any atom is 0.323 e. The molecule has 2 aromatic heterocycles. The first-order valence-corrected chi connectivity index (χ1v) is 9.04. The fraction of sp³-hybridized carbons (Fsp3) is 0.588. The van der Waals surface area contributed by atoms with Gasteiger partial charge >= 0.3 is 5.97 Å². The molecule has 0 aromatic carbocycles. The average Bonchev–Trinajstić information content (AvgIpc) is 3.15. The number of nitrogen functional groups attached to an aromatic ring is 1. The summed E-state index contributed by atoms with van der Waals surface area (Å²) in [6, 6.07) is -1.05. The predicted molar refractivity (Wildman–Crippen MR) is 97.7 cm³/mol. The zero-order valence-electron chi connectivity index (χ0n) is 16.2. The van der Waals surface area contributed by atoms with Crippen LogP contribution in [-0.4, -0.2) is 73.1 Å². The van der Waals surface area contributed by atoms with Crippen molar-refractivity contribution in [2.24, 2.45) is 11.7 Å². The first kappa shape index (κ1) is 22.2. The van der Waals surface area contributed by atoms with E-state index in [4.69, 9.17) is 20.9 Å². The lowest BCUT2D eigenvalue weighted by Gasteiger charge is -2.32. The van der Waals surface area contributed by atoms with Gasteiger partial charge < -0.3 is 36.3 Å². The SMILES string of the molecule is CC(C)[C@H](N)C(=O)OC[C@@]1(F)O[C@@](CO)(n2cc(F)c3c(N)ncnc32)[C@H](O)[C@@H]1O. The highest BCUT2D eigenvalue weighted by molar-refractivity contribution is 5.87. The molecule has 13 heteroatoms. The minimum absolute atomic E-state index is 0.219. The Kier molecular flexibility index (Phi) is 5.68. The van der Waals surface area contributed by atoms with E-state index in [0.29, 0.717) is 0 Å². The van der Waals surface area contributed by atoms with Gasteiger partial charge in [-0.05, 0) is 5.92 Å². The summed E-state index contributed by atoms with van der Waals surface area (Å²) in [6.45, 7) is 1.07. The quantitative estimate of drug-likeness (QED) is 0.347. The first-order valence-electron chi connectivity index (χ1n) is 9.04. The lowest BCUT2D eigenvalue weighted by Crippen LogP contribution is -2.48. The number of nitrogens with two attached hydrogens (primary N) is 2. The molecular formula is C17H23F2N5O6. The maximum absolute atomic E-state index is 15.4. The number of carbonyl (C=O) groups excluding carboxylic acids is 1. The van der Waals surface area contributed by atoms with Crippen molar-refractivity contribution < 1.29 is 38.4 Å². The number of alkyl halides is 1. The number of esters is 1. The summed E-state index contributed by atoms with van der Waals surface area (Å²) in [5.74, 6) is -5.55. The first-order chi connectivity index (χ1) is 14.0. The number of anilines is 1. The molecule has 0 radical (unpaired) electrons. The molecule has 2 aromatic rings. The van der Waals surface area contributed by atoms with Gasteiger partial charge in [-0.3, -0.25) is 9.36 Å². The Bertz CT molecular complexity index is 958. The molecular weight excluding hydrogens is 408 g/mol. The molecule has 11 nitrogen and oxygen atoms in total. The van der Waals surface area contributed by atoms with Crippen molar-refractivity contribution in [3.8, 4) is 0 Å². The molecule has 0 amide bonds. The molecule has 1 aliphatic rings. The van der Waals surface area contributed by atoms with Crippen molar-refractivity contribution >= 4 is 22.8 Å². The van der Waals surface area contributed by atoms with Gasteiger partial charge in [0.25, 0.3) is 5.85 Å². The highest BCUT2D eigenvalue weighted by Crippen LogP contribution is 2.44. The normalized spacial score (nSPS) is 30.2. The summed E-state index contributed by atoms with van der Waals surface area (Å²) in [5, 5.41) is 30.5. The van der Waals surface area contributed by atoms with Gasteiger partial charge in [0.1, 0.15) is 30.4 Å². The van der Waals surface area contributed by atoms with Crippen molar-refractivity contribution in [2.75, 3.05) is 18.9 Å². The molecule has 1 saturated heterocycles. The maximum atomic E-state index is 15.4. The monoisotopic (exact) mass is 431 g/mol. The zero-order chi connectivity index (χ0) is 22.4. The minimum atomic E-state index is -3.14. The van der Waals surface area contributed by atoms with Gasteiger partial charge in [0.2, 0.25) is 5.72 Å². The van der Waals surface area contributed by atoms with Crippen molar-refractivity contribution in [1.82, 2.24) is 14.5 Å². The van der Waals surface area contributed by atoms with Gasteiger partial charge in [-0.15, -0.1) is 0 Å². The number of halogens is 2. The lowest BCUT2D eigenvalue weighted by atomic mass is 10.0. The molecule has 30 heavy (non-hydrogen) atoms. The van der Waals surface area contributed by atoms with E-state index in [9.17, 15) is 24.5 Å². The number of carbonyl (C=O) groups is 1. The van der Waals surface area contributed by atoms with E-state index in [1.807, 2.05) is 0 Å². The van der Waals surface area contributed by atoms with Crippen LogP contribution in [0.3, 0.4) is 0 Å². The number of aliphatic hydroxyl groups excluding tert-OH is 3. The fourth-order valence-electron chi connectivity index (χ4n) is 3.27. The minimum Gasteiger partial charge on any atom is -0.458 e. The van der Waals surface area contributed by atoms with Gasteiger partial charge in [0.15, 0.2) is 18.1 Å². The lowest BCUT2D eigenvalue weighted by molar-refractivity contribution is -0.257. The van der Waals surface area contributed by atoms with Gasteiger partial charge in [0, 0.05) is 6.20 Å². The number of aromatic nitrogens is 3. The van der Waals surface area contributed by atoms with E-state index in [0.717, 1.165) is 17.1 Å². The second kappa shape index (κ2) is 7.67. The van der Waals surface area contributed by atoms with Crippen LogP contribution in [-0.2, 0) is 20.0 Å². The smallest absolute Gasteiger partial charge is 0.323 e. The molecule has 0 saturated carbocycles. The van der Waals surface area contributed by atoms with Crippen LogP contribution in [0.2, 0.25) is 0 Å². The van der Waals surface area contributed by atoms with E-state index in [2.05, 4.69) is 9.97 Å². The number of fused-ring (bicyclic) bond motifs is 1. The number of rotatable bonds is 6. The molecule has 0 unspecified atom stereocenters. The third-order valence-electron chi connectivity index (χ3n) is 5.15. The van der Waals surface area contributed by atoms with Crippen LogP contribution >= 0.6 is 0 Å². The predicted octanol–water partition coefficient (Wildman–Crippen LogP) is -1.26. The largest absolute Gasteiger partial charge is 0.458 e. The second-order valence-electron chi connectivity index (χ2n) is 7.46. The number of aliphatic hydroxyl groups is 3. The highest BCUT2D eigenvalue weighted by Gasteiger charge is 2.65. The Morgan fingerprint density at radius 1 is 1.40 bits per heavy atom. The summed E-state index contributed by atoms with van der Waals surface area (Å²) in [4.78, 5) is 19.4. The molecule has 3 rings (SSSR count). The highest BCUT2D eigenvalue weighted by atomic mass is 19.2. The Morgan fingerprint density at radius 2 is 2.07 bits per heavy atom. The fourth-order valence-corrected chi connectivity index (χ4v) is 3.27. The van der Waals surface area contributed by atoms with E-state index in [1.165, 1.54) is 0 Å². The van der Waals surface area contributed by atoms with Crippen LogP contribution in [0.5, 0.6) is 0 Å². The molecule has 0 bridgehead atoms. The summed E-state index contributed by atoms with van der Waals surface area (Å²) >= 11 is 0. The molecule has 0 spiro atoms. The van der Waals surface area contributed by atoms with Crippen LogP contribution in [0.15, 0.2) is 12.5 Å². The summed E-state index contributed by atoms with van der Waals surface area (Å²) in [7, 11) is 0. The molecule has 1 fully saturated rings. The van der Waals surface area contributed by atoms with E-state index >= 15 is 4.39 Å². The molecule has 3 heterocycles. The third kappa shape index (κ3) is 3.28. The Labute approximate surface area is 169 Å². The van der Waals surface area contributed by atoms with Crippen LogP contribution in [0.25, 0.3) is 11.0 Å². The molecule has 0 aliphatic carbocycles. The van der Waals surface area contributed by atoms with E-state index in [1.54, 1.807) is 13.8 Å². The van der Waals surface area contributed by atoms with Crippen molar-refractivity contribution in [1.29, 1.82) is 0 Å². The van der Waals surface area contributed by atoms with Crippen LogP contribution < -0.4 is 11.5 Å². The van der Waals surface area contributed by atoms with Crippen molar-refractivity contribution in [3.63, 3.8) is 0 Å². The number of nitrogens with zero attached hydrogens (tertiary/aromatic N) is 3. The average molecular weight is 431 g/mol. The van der Waals surface area contributed by atoms with Crippen LogP contribution in [0.4, 0.5) is 14.6 Å². The number of hydrogen-bond acceptors (Lipinski definition) is 10. The molecule has 1 aliphatic heterocycles. The van der Waals surface area contributed by atoms with Gasteiger partial charge in [-0.25, -0.2) is 18.7 Å². The van der Waals surface area contributed by atoms with Gasteiger partial charge in [0.05, 0.1) is 12.0 Å².